The molecule has 1 aromatic rings. The van der Waals surface area contributed by atoms with Crippen molar-refractivity contribution in [3.63, 3.8) is 0 Å². The van der Waals surface area contributed by atoms with Crippen LogP contribution in [-0.2, 0) is 9.53 Å². The van der Waals surface area contributed by atoms with Crippen molar-refractivity contribution in [3.8, 4) is 0 Å². The van der Waals surface area contributed by atoms with Gasteiger partial charge in [-0.2, -0.15) is 0 Å². The molecule has 0 atom stereocenters. The van der Waals surface area contributed by atoms with Crippen molar-refractivity contribution in [2.75, 3.05) is 25.2 Å². The van der Waals surface area contributed by atoms with E-state index in [2.05, 4.69) is 0 Å². The molecule has 2 N–H and O–H groups in total. The molecular formula is C14H21ClN2O2. The molecule has 0 radical (unpaired) electrons. The Labute approximate surface area is 120 Å². The largest absolute Gasteiger partial charge is 0.381 e. The molecule has 2 rings (SSSR count). The SMILES string of the molecule is Cc1cccc(N(C)C(=O)C2(N)CCOCC2)c1.Cl. The first-order chi connectivity index (χ1) is 8.53. The maximum Gasteiger partial charge on any atom is 0.246 e. The summed E-state index contributed by atoms with van der Waals surface area (Å²) in [5, 5.41) is 0. The maximum absolute atomic E-state index is 12.5. The fourth-order valence-corrected chi connectivity index (χ4v) is 2.24. The zero-order valence-electron chi connectivity index (χ0n) is 11.4. The molecule has 0 aromatic heterocycles. The number of carbonyl (C=O) groups is 1. The van der Waals surface area contributed by atoms with Gasteiger partial charge in [0.15, 0.2) is 0 Å². The fraction of sp³-hybridized carbons (Fsp3) is 0.500. The van der Waals surface area contributed by atoms with E-state index in [1.807, 2.05) is 31.2 Å². The molecule has 1 aromatic carbocycles. The molecule has 106 valence electrons. The molecule has 0 spiro atoms. The second kappa shape index (κ2) is 6.37. The first-order valence-corrected chi connectivity index (χ1v) is 6.24. The number of anilines is 1. The highest BCUT2D eigenvalue weighted by molar-refractivity contribution is 5.99. The van der Waals surface area contributed by atoms with E-state index in [1.165, 1.54) is 0 Å². The number of hydrogen-bond acceptors (Lipinski definition) is 3. The third-order valence-corrected chi connectivity index (χ3v) is 3.50. The smallest absolute Gasteiger partial charge is 0.246 e. The molecule has 1 aliphatic rings. The van der Waals surface area contributed by atoms with E-state index in [9.17, 15) is 4.79 Å². The fourth-order valence-electron chi connectivity index (χ4n) is 2.24. The summed E-state index contributed by atoms with van der Waals surface area (Å²) in [5.74, 6) is -0.0311. The number of carbonyl (C=O) groups excluding carboxylic acids is 1. The Balaban J connectivity index is 0.00000180. The van der Waals surface area contributed by atoms with E-state index in [4.69, 9.17) is 10.5 Å². The summed E-state index contributed by atoms with van der Waals surface area (Å²) in [6, 6.07) is 7.87. The van der Waals surface area contributed by atoms with Gasteiger partial charge in [0.1, 0.15) is 5.54 Å². The minimum Gasteiger partial charge on any atom is -0.381 e. The number of nitrogens with two attached hydrogens (primary N) is 1. The van der Waals surface area contributed by atoms with Crippen LogP contribution in [0.2, 0.25) is 0 Å². The highest BCUT2D eigenvalue weighted by atomic mass is 35.5. The monoisotopic (exact) mass is 284 g/mol. The summed E-state index contributed by atoms with van der Waals surface area (Å²) in [4.78, 5) is 14.1. The van der Waals surface area contributed by atoms with Crippen LogP contribution in [0.25, 0.3) is 0 Å². The quantitative estimate of drug-likeness (QED) is 0.902. The normalized spacial score (nSPS) is 17.4. The van der Waals surface area contributed by atoms with Gasteiger partial charge in [-0.3, -0.25) is 4.79 Å². The van der Waals surface area contributed by atoms with Crippen molar-refractivity contribution in [1.29, 1.82) is 0 Å². The van der Waals surface area contributed by atoms with E-state index >= 15 is 0 Å². The Hall–Kier alpha value is -1.10. The van der Waals surface area contributed by atoms with Crippen molar-refractivity contribution < 1.29 is 9.53 Å². The van der Waals surface area contributed by atoms with Gasteiger partial charge < -0.3 is 15.4 Å². The minimum atomic E-state index is -0.781. The summed E-state index contributed by atoms with van der Waals surface area (Å²) >= 11 is 0. The van der Waals surface area contributed by atoms with Gasteiger partial charge >= 0.3 is 0 Å². The molecule has 1 fully saturated rings. The molecule has 0 bridgehead atoms. The number of likely N-dealkylation sites (N-methyl/N-ethyl adjacent to an activating group) is 1. The van der Waals surface area contributed by atoms with Crippen LogP contribution in [0, 0.1) is 6.92 Å². The lowest BCUT2D eigenvalue weighted by molar-refractivity contribution is -0.126. The highest BCUT2D eigenvalue weighted by Crippen LogP contribution is 2.23. The van der Waals surface area contributed by atoms with E-state index in [-0.39, 0.29) is 18.3 Å². The number of rotatable bonds is 2. The zero-order chi connectivity index (χ0) is 13.2. The summed E-state index contributed by atoms with van der Waals surface area (Å²) in [7, 11) is 1.78. The number of halogens is 1. The van der Waals surface area contributed by atoms with Gasteiger partial charge in [0.2, 0.25) is 5.91 Å². The number of hydrogen-bond donors (Lipinski definition) is 1. The Kier molecular flexibility index (Phi) is 5.35. The number of amides is 1. The van der Waals surface area contributed by atoms with Gasteiger partial charge in [-0.25, -0.2) is 0 Å². The first kappa shape index (κ1) is 16.0. The molecule has 0 unspecified atom stereocenters. The topological polar surface area (TPSA) is 55.6 Å². The van der Waals surface area contributed by atoms with Gasteiger partial charge in [0.05, 0.1) is 0 Å². The Morgan fingerprint density at radius 2 is 2.00 bits per heavy atom. The highest BCUT2D eigenvalue weighted by Gasteiger charge is 2.38. The van der Waals surface area contributed by atoms with Crippen LogP contribution >= 0.6 is 12.4 Å². The Morgan fingerprint density at radius 1 is 1.37 bits per heavy atom. The van der Waals surface area contributed by atoms with Gasteiger partial charge in [0, 0.05) is 25.9 Å². The van der Waals surface area contributed by atoms with Crippen LogP contribution in [0.5, 0.6) is 0 Å². The molecule has 19 heavy (non-hydrogen) atoms. The molecule has 0 saturated carbocycles. The van der Waals surface area contributed by atoms with Crippen molar-refractivity contribution in [1.82, 2.24) is 0 Å². The third kappa shape index (κ3) is 3.47. The summed E-state index contributed by atoms with van der Waals surface area (Å²) in [5.41, 5.74) is 7.44. The van der Waals surface area contributed by atoms with Crippen molar-refractivity contribution in [3.05, 3.63) is 29.8 Å². The van der Waals surface area contributed by atoms with Gasteiger partial charge in [0.25, 0.3) is 0 Å². The lowest BCUT2D eigenvalue weighted by Gasteiger charge is -2.35. The number of nitrogens with zero attached hydrogens (tertiary/aromatic N) is 1. The van der Waals surface area contributed by atoms with Crippen LogP contribution in [0.1, 0.15) is 18.4 Å². The molecular weight excluding hydrogens is 264 g/mol. The zero-order valence-corrected chi connectivity index (χ0v) is 12.2. The summed E-state index contributed by atoms with van der Waals surface area (Å²) < 4.78 is 5.27. The molecule has 0 aliphatic carbocycles. The van der Waals surface area contributed by atoms with Crippen LogP contribution < -0.4 is 10.6 Å². The molecule has 1 saturated heterocycles. The number of ether oxygens (including phenoxy) is 1. The molecule has 1 heterocycles. The van der Waals surface area contributed by atoms with Crippen molar-refractivity contribution >= 4 is 24.0 Å². The van der Waals surface area contributed by atoms with Crippen molar-refractivity contribution in [2.45, 2.75) is 25.3 Å². The molecule has 1 amide bonds. The standard InChI is InChI=1S/C14H20N2O2.ClH/c1-11-4-3-5-12(10-11)16(2)13(17)14(15)6-8-18-9-7-14;/h3-5,10H,6-9,15H2,1-2H3;1H. The number of benzene rings is 1. The van der Waals surface area contributed by atoms with Crippen LogP contribution in [0.15, 0.2) is 24.3 Å². The van der Waals surface area contributed by atoms with Crippen LogP contribution in [0.3, 0.4) is 0 Å². The second-order valence-corrected chi connectivity index (χ2v) is 4.97. The van der Waals surface area contributed by atoms with Gasteiger partial charge in [-0.15, -0.1) is 12.4 Å². The van der Waals surface area contributed by atoms with E-state index in [0.717, 1.165) is 11.3 Å². The molecule has 5 heteroatoms. The Morgan fingerprint density at radius 3 is 2.58 bits per heavy atom. The van der Waals surface area contributed by atoms with E-state index in [1.54, 1.807) is 11.9 Å². The molecule has 4 nitrogen and oxygen atoms in total. The average molecular weight is 285 g/mol. The summed E-state index contributed by atoms with van der Waals surface area (Å²) in [6.45, 7) is 3.13. The first-order valence-electron chi connectivity index (χ1n) is 6.24. The molecule has 1 aliphatic heterocycles. The van der Waals surface area contributed by atoms with Gasteiger partial charge in [-0.1, -0.05) is 12.1 Å². The van der Waals surface area contributed by atoms with E-state index in [0.29, 0.717) is 26.1 Å². The third-order valence-electron chi connectivity index (χ3n) is 3.50. The maximum atomic E-state index is 12.5. The minimum absolute atomic E-state index is 0. The predicted molar refractivity (Wildman–Crippen MR) is 78.8 cm³/mol. The summed E-state index contributed by atoms with van der Waals surface area (Å²) in [6.07, 6.45) is 1.17. The van der Waals surface area contributed by atoms with Crippen LogP contribution in [-0.4, -0.2) is 31.7 Å². The van der Waals surface area contributed by atoms with Crippen molar-refractivity contribution in [2.24, 2.45) is 5.73 Å². The lowest BCUT2D eigenvalue weighted by atomic mass is 9.89. The van der Waals surface area contributed by atoms with E-state index < -0.39 is 5.54 Å². The average Bonchev–Trinajstić information content (AvgIpc) is 2.38. The second-order valence-electron chi connectivity index (χ2n) is 4.97. The van der Waals surface area contributed by atoms with Gasteiger partial charge in [-0.05, 0) is 37.5 Å². The lowest BCUT2D eigenvalue weighted by Crippen LogP contribution is -2.57. The Bertz CT molecular complexity index is 445. The number of aryl methyl sites for hydroxylation is 1. The predicted octanol–water partition coefficient (Wildman–Crippen LogP) is 1.89. The van der Waals surface area contributed by atoms with Crippen LogP contribution in [0.4, 0.5) is 5.69 Å².